The Morgan fingerprint density at radius 1 is 1.09 bits per heavy atom. The first-order valence-electron chi connectivity index (χ1n) is 4.87. The van der Waals surface area contributed by atoms with Crippen molar-refractivity contribution in [1.29, 1.82) is 0 Å². The summed E-state index contributed by atoms with van der Waals surface area (Å²) in [6.45, 7) is 7.63. The first-order chi connectivity index (χ1) is 5.35. The summed E-state index contributed by atoms with van der Waals surface area (Å²) in [5, 5.41) is 0. The molecule has 0 saturated carbocycles. The van der Waals surface area contributed by atoms with E-state index in [1.54, 1.807) is 0 Å². The van der Waals surface area contributed by atoms with Crippen molar-refractivity contribution >= 4 is 5.71 Å². The monoisotopic (exact) mass is 155 g/mol. The van der Waals surface area contributed by atoms with E-state index in [2.05, 4.69) is 25.8 Å². The second-order valence-corrected chi connectivity index (χ2v) is 2.91. The zero-order valence-electron chi connectivity index (χ0n) is 8.19. The molecule has 0 fully saturated rings. The smallest absolute Gasteiger partial charge is 0.0386 e. The predicted octanol–water partition coefficient (Wildman–Crippen LogP) is 3.44. The van der Waals surface area contributed by atoms with Gasteiger partial charge in [-0.1, -0.05) is 27.2 Å². The maximum absolute atomic E-state index is 4.51. The molecule has 0 aromatic carbocycles. The van der Waals surface area contributed by atoms with Crippen LogP contribution in [-0.2, 0) is 0 Å². The molecule has 0 heterocycles. The van der Waals surface area contributed by atoms with Crippen LogP contribution in [0.25, 0.3) is 0 Å². The average Bonchev–Trinajstić information content (AvgIpc) is 2.05. The maximum atomic E-state index is 4.51. The minimum absolute atomic E-state index is 1.02. The van der Waals surface area contributed by atoms with Gasteiger partial charge in [0.25, 0.3) is 0 Å². The molecular weight excluding hydrogens is 134 g/mol. The van der Waals surface area contributed by atoms with Gasteiger partial charge in [0.1, 0.15) is 0 Å². The molecule has 66 valence electrons. The van der Waals surface area contributed by atoms with E-state index in [4.69, 9.17) is 0 Å². The Kier molecular flexibility index (Phi) is 7.54. The van der Waals surface area contributed by atoms with Gasteiger partial charge in [-0.25, -0.2) is 0 Å². The second-order valence-electron chi connectivity index (χ2n) is 2.91. The molecule has 0 spiro atoms. The number of rotatable bonds is 6. The molecule has 1 nitrogen and oxygen atoms in total. The Labute approximate surface area is 70.9 Å². The Hall–Kier alpha value is -0.330. The topological polar surface area (TPSA) is 12.4 Å². The highest BCUT2D eigenvalue weighted by Crippen LogP contribution is 2.00. The van der Waals surface area contributed by atoms with Crippen molar-refractivity contribution < 1.29 is 0 Å². The van der Waals surface area contributed by atoms with Crippen LogP contribution in [0.4, 0.5) is 0 Å². The van der Waals surface area contributed by atoms with Gasteiger partial charge >= 0.3 is 0 Å². The molecule has 0 unspecified atom stereocenters. The summed E-state index contributed by atoms with van der Waals surface area (Å²) < 4.78 is 0. The second kappa shape index (κ2) is 7.77. The van der Waals surface area contributed by atoms with Crippen molar-refractivity contribution in [2.24, 2.45) is 4.99 Å². The largest absolute Gasteiger partial charge is 0.294 e. The van der Waals surface area contributed by atoms with Gasteiger partial charge in [-0.05, 0) is 25.7 Å². The van der Waals surface area contributed by atoms with Crippen LogP contribution in [0.3, 0.4) is 0 Å². The minimum atomic E-state index is 1.02. The first-order valence-corrected chi connectivity index (χ1v) is 4.87. The fourth-order valence-corrected chi connectivity index (χ4v) is 1.02. The van der Waals surface area contributed by atoms with Crippen LogP contribution >= 0.6 is 0 Å². The van der Waals surface area contributed by atoms with Crippen LogP contribution in [0, 0.1) is 0 Å². The Balaban J connectivity index is 3.55. The Bertz CT molecular complexity index is 105. The summed E-state index contributed by atoms with van der Waals surface area (Å²) >= 11 is 0. The van der Waals surface area contributed by atoms with Gasteiger partial charge in [-0.3, -0.25) is 4.99 Å². The van der Waals surface area contributed by atoms with Crippen LogP contribution in [0.1, 0.15) is 52.9 Å². The van der Waals surface area contributed by atoms with E-state index in [-0.39, 0.29) is 0 Å². The first kappa shape index (κ1) is 10.7. The van der Waals surface area contributed by atoms with Crippen molar-refractivity contribution in [3.63, 3.8) is 0 Å². The average molecular weight is 155 g/mol. The molecule has 0 aromatic rings. The molecular formula is C10H21N. The number of unbranched alkanes of at least 4 members (excludes halogenated alkanes) is 1. The van der Waals surface area contributed by atoms with E-state index in [1.165, 1.54) is 31.4 Å². The van der Waals surface area contributed by atoms with E-state index in [9.17, 15) is 0 Å². The Morgan fingerprint density at radius 2 is 1.82 bits per heavy atom. The fourth-order valence-electron chi connectivity index (χ4n) is 1.02. The summed E-state index contributed by atoms with van der Waals surface area (Å²) in [6.07, 6.45) is 6.12. The van der Waals surface area contributed by atoms with Gasteiger partial charge in [0.15, 0.2) is 0 Å². The van der Waals surface area contributed by atoms with Gasteiger partial charge in [-0.2, -0.15) is 0 Å². The molecule has 0 bridgehead atoms. The van der Waals surface area contributed by atoms with E-state index < -0.39 is 0 Å². The highest BCUT2D eigenvalue weighted by atomic mass is 14.7. The lowest BCUT2D eigenvalue weighted by Gasteiger charge is -2.01. The lowest BCUT2D eigenvalue weighted by Crippen LogP contribution is -1.97. The maximum Gasteiger partial charge on any atom is 0.0386 e. The highest BCUT2D eigenvalue weighted by molar-refractivity contribution is 5.84. The standard InChI is InChI=1S/C10H21N/c1-4-7-8-10(6-3)11-9-5-2/h4-9H2,1-3H3. The van der Waals surface area contributed by atoms with Crippen molar-refractivity contribution in [1.82, 2.24) is 0 Å². The Morgan fingerprint density at radius 3 is 2.27 bits per heavy atom. The lowest BCUT2D eigenvalue weighted by molar-refractivity contribution is 0.815. The zero-order valence-corrected chi connectivity index (χ0v) is 8.19. The van der Waals surface area contributed by atoms with E-state index in [1.807, 2.05) is 0 Å². The normalized spacial score (nSPS) is 12.1. The quantitative estimate of drug-likeness (QED) is 0.521. The third-order valence-corrected chi connectivity index (χ3v) is 1.79. The molecule has 0 saturated heterocycles. The summed E-state index contributed by atoms with van der Waals surface area (Å²) in [7, 11) is 0. The van der Waals surface area contributed by atoms with Gasteiger partial charge in [0.05, 0.1) is 0 Å². The number of aliphatic imine (C=N–C) groups is 1. The van der Waals surface area contributed by atoms with Crippen molar-refractivity contribution in [3.05, 3.63) is 0 Å². The molecule has 0 aliphatic rings. The summed E-state index contributed by atoms with van der Waals surface area (Å²) in [5.41, 5.74) is 1.41. The molecule has 0 amide bonds. The zero-order chi connectivity index (χ0) is 8.53. The molecule has 0 rings (SSSR count). The van der Waals surface area contributed by atoms with E-state index in [0.717, 1.165) is 13.0 Å². The van der Waals surface area contributed by atoms with Crippen LogP contribution < -0.4 is 0 Å². The van der Waals surface area contributed by atoms with E-state index in [0.29, 0.717) is 0 Å². The van der Waals surface area contributed by atoms with Gasteiger partial charge < -0.3 is 0 Å². The highest BCUT2D eigenvalue weighted by Gasteiger charge is 1.93. The summed E-state index contributed by atoms with van der Waals surface area (Å²) in [6, 6.07) is 0. The van der Waals surface area contributed by atoms with Gasteiger partial charge in [0, 0.05) is 12.3 Å². The summed E-state index contributed by atoms with van der Waals surface area (Å²) in [5.74, 6) is 0. The molecule has 11 heavy (non-hydrogen) atoms. The third kappa shape index (κ3) is 6.08. The van der Waals surface area contributed by atoms with Crippen LogP contribution in [0.5, 0.6) is 0 Å². The number of hydrogen-bond acceptors (Lipinski definition) is 1. The molecule has 1 heteroatoms. The van der Waals surface area contributed by atoms with E-state index >= 15 is 0 Å². The minimum Gasteiger partial charge on any atom is -0.294 e. The van der Waals surface area contributed by atoms with Crippen LogP contribution in [0.2, 0.25) is 0 Å². The SMILES string of the molecule is CCCCC(CC)=NCCC. The van der Waals surface area contributed by atoms with Crippen LogP contribution in [0.15, 0.2) is 4.99 Å². The van der Waals surface area contributed by atoms with Crippen LogP contribution in [-0.4, -0.2) is 12.3 Å². The predicted molar refractivity (Wildman–Crippen MR) is 52.4 cm³/mol. The summed E-state index contributed by atoms with van der Waals surface area (Å²) in [4.78, 5) is 4.51. The number of hydrogen-bond donors (Lipinski definition) is 0. The van der Waals surface area contributed by atoms with Gasteiger partial charge in [-0.15, -0.1) is 0 Å². The van der Waals surface area contributed by atoms with Crippen molar-refractivity contribution in [2.75, 3.05) is 6.54 Å². The number of nitrogens with zero attached hydrogens (tertiary/aromatic N) is 1. The molecule has 0 radical (unpaired) electrons. The molecule has 0 N–H and O–H groups in total. The third-order valence-electron chi connectivity index (χ3n) is 1.79. The molecule has 0 aliphatic heterocycles. The van der Waals surface area contributed by atoms with Gasteiger partial charge in [0.2, 0.25) is 0 Å². The lowest BCUT2D eigenvalue weighted by atomic mass is 10.1. The molecule has 0 aliphatic carbocycles. The van der Waals surface area contributed by atoms with Crippen molar-refractivity contribution in [2.45, 2.75) is 52.9 Å². The molecule has 0 aromatic heterocycles. The molecule has 0 atom stereocenters. The fraction of sp³-hybridized carbons (Fsp3) is 0.900. The van der Waals surface area contributed by atoms with Crippen molar-refractivity contribution in [3.8, 4) is 0 Å².